The Balaban J connectivity index is 2.24. The van der Waals surface area contributed by atoms with E-state index in [0.29, 0.717) is 16.1 Å². The van der Waals surface area contributed by atoms with E-state index >= 15 is 0 Å². The van der Waals surface area contributed by atoms with Crippen molar-refractivity contribution < 1.29 is 4.79 Å². The summed E-state index contributed by atoms with van der Waals surface area (Å²) in [5.41, 5.74) is 2.02. The number of aromatic nitrogens is 1. The van der Waals surface area contributed by atoms with E-state index in [1.165, 1.54) is 17.5 Å². The van der Waals surface area contributed by atoms with Gasteiger partial charge in [-0.15, -0.1) is 11.3 Å². The molecule has 6 heteroatoms. The molecule has 0 spiro atoms. The normalized spacial score (nSPS) is 10.4. The summed E-state index contributed by atoms with van der Waals surface area (Å²) in [6.07, 6.45) is 1.49. The van der Waals surface area contributed by atoms with Crippen molar-refractivity contribution in [2.45, 2.75) is 13.8 Å². The molecule has 0 aromatic carbocycles. The molecule has 0 bridgehead atoms. The lowest BCUT2D eigenvalue weighted by Gasteiger charge is -2.04. The van der Waals surface area contributed by atoms with Crippen molar-refractivity contribution in [2.24, 2.45) is 0 Å². The molecular weight excluding hydrogens is 316 g/mol. The number of halogens is 1. The number of hydrogen-bond donors (Lipinski definition) is 2. The third-order valence-electron chi connectivity index (χ3n) is 2.45. The van der Waals surface area contributed by atoms with E-state index in [2.05, 4.69) is 26.2 Å². The second kappa shape index (κ2) is 5.07. The van der Waals surface area contributed by atoms with E-state index in [0.717, 1.165) is 10.0 Å². The van der Waals surface area contributed by atoms with Crippen molar-refractivity contribution in [3.05, 3.63) is 48.5 Å². The van der Waals surface area contributed by atoms with Crippen LogP contribution in [0.4, 0.5) is 5.69 Å². The molecule has 2 rings (SSSR count). The summed E-state index contributed by atoms with van der Waals surface area (Å²) < 4.78 is 0.811. The highest BCUT2D eigenvalue weighted by Gasteiger charge is 2.14. The minimum atomic E-state index is -0.188. The molecule has 18 heavy (non-hydrogen) atoms. The number of nitrogens with one attached hydrogen (secondary N) is 2. The summed E-state index contributed by atoms with van der Waals surface area (Å²) in [6.45, 7) is 3.63. The van der Waals surface area contributed by atoms with Crippen LogP contribution < -0.4 is 10.9 Å². The van der Waals surface area contributed by atoms with Gasteiger partial charge in [0, 0.05) is 16.2 Å². The number of rotatable bonds is 2. The Labute approximate surface area is 116 Å². The number of H-pyrrole nitrogens is 1. The van der Waals surface area contributed by atoms with Crippen molar-refractivity contribution in [2.75, 3.05) is 5.32 Å². The quantitative estimate of drug-likeness (QED) is 0.890. The van der Waals surface area contributed by atoms with Crippen LogP contribution in [-0.2, 0) is 0 Å². The van der Waals surface area contributed by atoms with Crippen LogP contribution in [0.1, 0.15) is 20.8 Å². The summed E-state index contributed by atoms with van der Waals surface area (Å²) in [4.78, 5) is 26.4. The van der Waals surface area contributed by atoms with Crippen LogP contribution in [0.15, 0.2) is 26.9 Å². The molecule has 0 saturated heterocycles. The van der Waals surface area contributed by atoms with Gasteiger partial charge in [0.1, 0.15) is 4.88 Å². The SMILES string of the molecule is Cc1csc(C(=O)Nc2c[nH]c(=O)c(C)c2)c1Br. The third-order valence-corrected chi connectivity index (χ3v) is 4.83. The smallest absolute Gasteiger partial charge is 0.266 e. The average molecular weight is 327 g/mol. The fourth-order valence-electron chi connectivity index (χ4n) is 1.44. The molecule has 4 nitrogen and oxygen atoms in total. The van der Waals surface area contributed by atoms with Gasteiger partial charge in [0.15, 0.2) is 0 Å². The van der Waals surface area contributed by atoms with E-state index in [1.54, 1.807) is 13.0 Å². The Kier molecular flexibility index (Phi) is 3.68. The first-order chi connectivity index (χ1) is 8.49. The lowest BCUT2D eigenvalue weighted by atomic mass is 10.3. The van der Waals surface area contributed by atoms with Crippen LogP contribution >= 0.6 is 27.3 Å². The van der Waals surface area contributed by atoms with E-state index < -0.39 is 0 Å². The maximum atomic E-state index is 12.0. The number of anilines is 1. The van der Waals surface area contributed by atoms with Crippen LogP contribution in [-0.4, -0.2) is 10.9 Å². The predicted octanol–water partition coefficient (Wildman–Crippen LogP) is 3.07. The number of thiophene rings is 1. The van der Waals surface area contributed by atoms with E-state index in [1.807, 2.05) is 12.3 Å². The Bertz CT molecular complexity index is 660. The molecule has 2 aromatic rings. The van der Waals surface area contributed by atoms with Gasteiger partial charge < -0.3 is 10.3 Å². The molecule has 0 aliphatic rings. The van der Waals surface area contributed by atoms with Gasteiger partial charge >= 0.3 is 0 Å². The molecule has 1 amide bonds. The number of carbonyl (C=O) groups excluding carboxylic acids is 1. The molecule has 0 saturated carbocycles. The van der Waals surface area contributed by atoms with Crippen molar-refractivity contribution in [1.82, 2.24) is 4.98 Å². The first-order valence-corrected chi connectivity index (χ1v) is 6.90. The predicted molar refractivity (Wildman–Crippen MR) is 76.5 cm³/mol. The molecule has 0 atom stereocenters. The number of aromatic amines is 1. The Morgan fingerprint density at radius 2 is 2.11 bits per heavy atom. The molecule has 0 aliphatic carbocycles. The number of pyridine rings is 1. The number of amides is 1. The second-order valence-corrected chi connectivity index (χ2v) is 5.59. The molecule has 2 aromatic heterocycles. The summed E-state index contributed by atoms with van der Waals surface area (Å²) in [5.74, 6) is -0.188. The summed E-state index contributed by atoms with van der Waals surface area (Å²) in [6, 6.07) is 1.64. The van der Waals surface area contributed by atoms with Gasteiger partial charge in [-0.1, -0.05) is 0 Å². The molecule has 0 unspecified atom stereocenters. The summed E-state index contributed by atoms with van der Waals surface area (Å²) in [5, 5.41) is 4.67. The Morgan fingerprint density at radius 3 is 2.67 bits per heavy atom. The largest absolute Gasteiger partial charge is 0.327 e. The molecule has 0 radical (unpaired) electrons. The molecular formula is C12H11BrN2O2S. The topological polar surface area (TPSA) is 62.0 Å². The van der Waals surface area contributed by atoms with Gasteiger partial charge in [0.25, 0.3) is 11.5 Å². The Hall–Kier alpha value is -1.40. The second-order valence-electron chi connectivity index (χ2n) is 3.92. The van der Waals surface area contributed by atoms with Crippen molar-refractivity contribution in [3.63, 3.8) is 0 Å². The van der Waals surface area contributed by atoms with Crippen LogP contribution in [0.25, 0.3) is 0 Å². The van der Waals surface area contributed by atoms with Crippen molar-refractivity contribution in [3.8, 4) is 0 Å². The summed E-state index contributed by atoms with van der Waals surface area (Å²) in [7, 11) is 0. The van der Waals surface area contributed by atoms with Gasteiger partial charge in [-0.2, -0.15) is 0 Å². The third kappa shape index (κ3) is 2.54. The summed E-state index contributed by atoms with van der Waals surface area (Å²) >= 11 is 4.76. The monoisotopic (exact) mass is 326 g/mol. The van der Waals surface area contributed by atoms with Crippen LogP contribution in [0, 0.1) is 13.8 Å². The van der Waals surface area contributed by atoms with Crippen LogP contribution in [0.2, 0.25) is 0 Å². The maximum absolute atomic E-state index is 12.0. The van der Waals surface area contributed by atoms with E-state index in [9.17, 15) is 9.59 Å². The van der Waals surface area contributed by atoms with Crippen LogP contribution in [0.5, 0.6) is 0 Å². The highest BCUT2D eigenvalue weighted by Crippen LogP contribution is 2.28. The molecule has 2 N–H and O–H groups in total. The first kappa shape index (κ1) is 13.0. The highest BCUT2D eigenvalue weighted by molar-refractivity contribution is 9.10. The molecule has 2 heterocycles. The fourth-order valence-corrected chi connectivity index (χ4v) is 3.00. The lowest BCUT2D eigenvalue weighted by Crippen LogP contribution is -2.14. The molecule has 94 valence electrons. The zero-order chi connectivity index (χ0) is 13.3. The maximum Gasteiger partial charge on any atom is 0.266 e. The van der Waals surface area contributed by atoms with Crippen molar-refractivity contribution >= 4 is 38.9 Å². The van der Waals surface area contributed by atoms with E-state index in [-0.39, 0.29) is 11.5 Å². The fraction of sp³-hybridized carbons (Fsp3) is 0.167. The number of aryl methyl sites for hydroxylation is 2. The minimum Gasteiger partial charge on any atom is -0.327 e. The highest BCUT2D eigenvalue weighted by atomic mass is 79.9. The number of carbonyl (C=O) groups is 1. The first-order valence-electron chi connectivity index (χ1n) is 5.23. The Morgan fingerprint density at radius 1 is 1.39 bits per heavy atom. The van der Waals surface area contributed by atoms with Gasteiger partial charge in [0.05, 0.1) is 5.69 Å². The van der Waals surface area contributed by atoms with Gasteiger partial charge in [-0.05, 0) is 46.8 Å². The zero-order valence-electron chi connectivity index (χ0n) is 9.83. The average Bonchev–Trinajstić information content (AvgIpc) is 2.65. The lowest BCUT2D eigenvalue weighted by molar-refractivity contribution is 0.103. The van der Waals surface area contributed by atoms with Crippen molar-refractivity contribution in [1.29, 1.82) is 0 Å². The zero-order valence-corrected chi connectivity index (χ0v) is 12.2. The molecule has 0 aliphatic heterocycles. The van der Waals surface area contributed by atoms with E-state index in [4.69, 9.17) is 0 Å². The molecule has 0 fully saturated rings. The van der Waals surface area contributed by atoms with Crippen LogP contribution in [0.3, 0.4) is 0 Å². The van der Waals surface area contributed by atoms with Gasteiger partial charge in [0.2, 0.25) is 0 Å². The number of hydrogen-bond acceptors (Lipinski definition) is 3. The minimum absolute atomic E-state index is 0.152. The van der Waals surface area contributed by atoms with Gasteiger partial charge in [-0.3, -0.25) is 9.59 Å². The van der Waals surface area contributed by atoms with Gasteiger partial charge in [-0.25, -0.2) is 0 Å². The standard InChI is InChI=1S/C12H11BrN2O2S/c1-6-3-8(4-14-11(6)16)15-12(17)10-9(13)7(2)5-18-10/h3-5H,1-2H3,(H,14,16)(H,15,17).